The highest BCUT2D eigenvalue weighted by Crippen LogP contribution is 2.22. The molecule has 1 aromatic heterocycles. The molecule has 0 atom stereocenters. The highest BCUT2D eigenvalue weighted by molar-refractivity contribution is 7.98. The van der Waals surface area contributed by atoms with E-state index in [4.69, 9.17) is 5.73 Å². The fourth-order valence-electron chi connectivity index (χ4n) is 2.25. The van der Waals surface area contributed by atoms with E-state index in [1.165, 1.54) is 11.8 Å². The van der Waals surface area contributed by atoms with Gasteiger partial charge in [-0.3, -0.25) is 9.59 Å². The predicted molar refractivity (Wildman–Crippen MR) is 73.8 cm³/mol. The minimum absolute atomic E-state index is 0.0135. The van der Waals surface area contributed by atoms with Gasteiger partial charge in [-0.25, -0.2) is 4.98 Å². The molecule has 0 bridgehead atoms. The van der Waals surface area contributed by atoms with Gasteiger partial charge in [-0.1, -0.05) is 0 Å². The number of nitrogens with zero attached hydrogens (tertiary/aromatic N) is 2. The van der Waals surface area contributed by atoms with Crippen LogP contribution in [-0.2, 0) is 4.79 Å². The lowest BCUT2D eigenvalue weighted by molar-refractivity contribution is -0.123. The summed E-state index contributed by atoms with van der Waals surface area (Å²) < 4.78 is 0. The van der Waals surface area contributed by atoms with E-state index in [0.717, 1.165) is 5.03 Å². The molecule has 0 spiro atoms. The van der Waals surface area contributed by atoms with Gasteiger partial charge in [-0.05, 0) is 31.2 Å². The molecule has 0 aliphatic carbocycles. The third-order valence-electron chi connectivity index (χ3n) is 3.38. The van der Waals surface area contributed by atoms with Crippen molar-refractivity contribution in [2.24, 2.45) is 11.7 Å². The monoisotopic (exact) mass is 279 g/mol. The maximum Gasteiger partial charge on any atom is 0.256 e. The smallest absolute Gasteiger partial charge is 0.256 e. The molecule has 1 saturated heterocycles. The van der Waals surface area contributed by atoms with Crippen molar-refractivity contribution in [3.05, 3.63) is 23.9 Å². The van der Waals surface area contributed by atoms with Gasteiger partial charge in [0.15, 0.2) is 0 Å². The average Bonchev–Trinajstić information content (AvgIpc) is 2.46. The molecule has 2 N–H and O–H groups in total. The third-order valence-corrected chi connectivity index (χ3v) is 4.09. The molecule has 2 amide bonds. The number of carbonyl (C=O) groups excluding carboxylic acids is 2. The van der Waals surface area contributed by atoms with E-state index in [9.17, 15) is 9.59 Å². The Bertz CT molecular complexity index is 485. The topological polar surface area (TPSA) is 76.3 Å². The molecule has 19 heavy (non-hydrogen) atoms. The summed E-state index contributed by atoms with van der Waals surface area (Å²) in [6, 6.07) is 3.56. The van der Waals surface area contributed by atoms with Crippen molar-refractivity contribution in [1.82, 2.24) is 9.88 Å². The molecule has 5 nitrogen and oxygen atoms in total. The standard InChI is InChI=1S/C13H17N3O2S/c1-19-12-10(3-2-6-15-12)13(18)16-7-4-9(5-8-16)11(14)17/h2-3,6,9H,4-5,7-8H2,1H3,(H2,14,17). The number of rotatable bonds is 3. The Balaban J connectivity index is 2.07. The normalized spacial score (nSPS) is 16.4. The van der Waals surface area contributed by atoms with E-state index < -0.39 is 0 Å². The summed E-state index contributed by atoms with van der Waals surface area (Å²) in [6.45, 7) is 1.16. The number of primary amides is 1. The van der Waals surface area contributed by atoms with Crippen molar-refractivity contribution in [2.75, 3.05) is 19.3 Å². The summed E-state index contributed by atoms with van der Waals surface area (Å²) >= 11 is 1.46. The molecule has 0 saturated carbocycles. The Labute approximate surface area is 116 Å². The Morgan fingerprint density at radius 2 is 2.11 bits per heavy atom. The lowest BCUT2D eigenvalue weighted by Crippen LogP contribution is -2.41. The Morgan fingerprint density at radius 1 is 1.42 bits per heavy atom. The zero-order valence-electron chi connectivity index (χ0n) is 10.8. The fraction of sp³-hybridized carbons (Fsp3) is 0.462. The van der Waals surface area contributed by atoms with Crippen LogP contribution in [0.5, 0.6) is 0 Å². The molecule has 1 aliphatic heterocycles. The van der Waals surface area contributed by atoms with Crippen molar-refractivity contribution in [3.63, 3.8) is 0 Å². The van der Waals surface area contributed by atoms with E-state index in [1.807, 2.05) is 6.26 Å². The number of piperidine rings is 1. The first-order valence-electron chi connectivity index (χ1n) is 6.21. The highest BCUT2D eigenvalue weighted by atomic mass is 32.2. The molecule has 0 radical (unpaired) electrons. The molecule has 0 unspecified atom stereocenters. The van der Waals surface area contributed by atoms with Gasteiger partial charge in [0.1, 0.15) is 5.03 Å². The highest BCUT2D eigenvalue weighted by Gasteiger charge is 2.27. The second-order valence-electron chi connectivity index (χ2n) is 4.53. The molecule has 6 heteroatoms. The zero-order chi connectivity index (χ0) is 13.8. The van der Waals surface area contributed by atoms with Crippen molar-refractivity contribution in [1.29, 1.82) is 0 Å². The maximum absolute atomic E-state index is 12.4. The summed E-state index contributed by atoms with van der Waals surface area (Å²) in [5, 5.41) is 0.740. The Kier molecular flexibility index (Phi) is 4.42. The summed E-state index contributed by atoms with van der Waals surface area (Å²) in [5.74, 6) is -0.378. The van der Waals surface area contributed by atoms with Gasteiger partial charge < -0.3 is 10.6 Å². The summed E-state index contributed by atoms with van der Waals surface area (Å²) in [4.78, 5) is 29.5. The van der Waals surface area contributed by atoms with Gasteiger partial charge >= 0.3 is 0 Å². The lowest BCUT2D eigenvalue weighted by Gasteiger charge is -2.30. The van der Waals surface area contributed by atoms with Gasteiger partial charge in [0.2, 0.25) is 5.91 Å². The van der Waals surface area contributed by atoms with Gasteiger partial charge in [0, 0.05) is 25.2 Å². The molecule has 2 rings (SSSR count). The second-order valence-corrected chi connectivity index (χ2v) is 5.32. The number of aromatic nitrogens is 1. The number of pyridine rings is 1. The van der Waals surface area contributed by atoms with Crippen LogP contribution in [0.25, 0.3) is 0 Å². The second kappa shape index (κ2) is 6.06. The van der Waals surface area contributed by atoms with E-state index >= 15 is 0 Å². The molecular formula is C13H17N3O2S. The molecule has 0 aromatic carbocycles. The largest absolute Gasteiger partial charge is 0.369 e. The summed E-state index contributed by atoms with van der Waals surface area (Å²) in [6.07, 6.45) is 4.88. The van der Waals surface area contributed by atoms with E-state index in [0.29, 0.717) is 31.5 Å². The van der Waals surface area contributed by atoms with Crippen LogP contribution in [0.1, 0.15) is 23.2 Å². The van der Waals surface area contributed by atoms with Crippen molar-refractivity contribution >= 4 is 23.6 Å². The van der Waals surface area contributed by atoms with Gasteiger partial charge in [0.05, 0.1) is 5.56 Å². The van der Waals surface area contributed by atoms with E-state index in [1.54, 1.807) is 23.2 Å². The number of thioether (sulfide) groups is 1. The first-order chi connectivity index (χ1) is 9.13. The van der Waals surface area contributed by atoms with Crippen molar-refractivity contribution in [3.8, 4) is 0 Å². The first-order valence-corrected chi connectivity index (χ1v) is 7.43. The van der Waals surface area contributed by atoms with Crippen molar-refractivity contribution in [2.45, 2.75) is 17.9 Å². The molecule has 1 aliphatic rings. The van der Waals surface area contributed by atoms with Crippen LogP contribution in [0.3, 0.4) is 0 Å². The van der Waals surface area contributed by atoms with E-state index in [-0.39, 0.29) is 17.7 Å². The van der Waals surface area contributed by atoms with Crippen LogP contribution in [-0.4, -0.2) is 41.0 Å². The summed E-state index contributed by atoms with van der Waals surface area (Å²) in [5.41, 5.74) is 5.92. The van der Waals surface area contributed by atoms with Crippen LogP contribution in [0.15, 0.2) is 23.4 Å². The minimum atomic E-state index is -0.265. The maximum atomic E-state index is 12.4. The van der Waals surface area contributed by atoms with Crippen LogP contribution in [0.2, 0.25) is 0 Å². The number of nitrogens with two attached hydrogens (primary N) is 1. The third kappa shape index (κ3) is 3.07. The number of hydrogen-bond acceptors (Lipinski definition) is 4. The molecule has 2 heterocycles. The van der Waals surface area contributed by atoms with E-state index in [2.05, 4.69) is 4.98 Å². The quantitative estimate of drug-likeness (QED) is 0.842. The molecule has 102 valence electrons. The average molecular weight is 279 g/mol. The Morgan fingerprint density at radius 3 is 2.68 bits per heavy atom. The van der Waals surface area contributed by atoms with Crippen LogP contribution in [0.4, 0.5) is 0 Å². The van der Waals surface area contributed by atoms with Crippen LogP contribution >= 0.6 is 11.8 Å². The number of amides is 2. The van der Waals surface area contributed by atoms with Gasteiger partial charge in [-0.15, -0.1) is 11.8 Å². The first kappa shape index (κ1) is 13.9. The minimum Gasteiger partial charge on any atom is -0.369 e. The molecular weight excluding hydrogens is 262 g/mol. The molecule has 1 aromatic rings. The van der Waals surface area contributed by atoms with Crippen LogP contribution < -0.4 is 5.73 Å². The number of likely N-dealkylation sites (tertiary alicyclic amines) is 1. The lowest BCUT2D eigenvalue weighted by atomic mass is 9.96. The zero-order valence-corrected chi connectivity index (χ0v) is 11.7. The molecule has 1 fully saturated rings. The predicted octanol–water partition coefficient (Wildman–Crippen LogP) is 1.14. The SMILES string of the molecule is CSc1ncccc1C(=O)N1CCC(C(N)=O)CC1. The van der Waals surface area contributed by atoms with Gasteiger partial charge in [-0.2, -0.15) is 0 Å². The van der Waals surface area contributed by atoms with Gasteiger partial charge in [0.25, 0.3) is 5.91 Å². The summed E-state index contributed by atoms with van der Waals surface area (Å²) in [7, 11) is 0. The number of hydrogen-bond donors (Lipinski definition) is 1. The van der Waals surface area contributed by atoms with Crippen LogP contribution in [0, 0.1) is 5.92 Å². The number of carbonyl (C=O) groups is 2. The van der Waals surface area contributed by atoms with Crippen molar-refractivity contribution < 1.29 is 9.59 Å². The fourth-order valence-corrected chi connectivity index (χ4v) is 2.80. The Hall–Kier alpha value is -1.56.